The number of carbonyl (C=O) groups excluding carboxylic acids is 1. The van der Waals surface area contributed by atoms with Crippen molar-refractivity contribution in [3.63, 3.8) is 0 Å². The molecule has 0 radical (unpaired) electrons. The van der Waals surface area contributed by atoms with Gasteiger partial charge in [0, 0.05) is 18.3 Å². The molecule has 2 aromatic rings. The van der Waals surface area contributed by atoms with E-state index in [4.69, 9.17) is 0 Å². The summed E-state index contributed by atoms with van der Waals surface area (Å²) in [6.07, 6.45) is 0.601. The van der Waals surface area contributed by atoms with E-state index in [1.165, 1.54) is 23.5 Å². The number of rotatable bonds is 5. The van der Waals surface area contributed by atoms with Gasteiger partial charge in [-0.05, 0) is 12.1 Å². The average Bonchev–Trinajstić information content (AvgIpc) is 2.96. The van der Waals surface area contributed by atoms with Gasteiger partial charge in [0.2, 0.25) is 0 Å². The molecule has 0 saturated heterocycles. The van der Waals surface area contributed by atoms with Crippen LogP contribution in [0.15, 0.2) is 23.0 Å². The molecule has 1 heterocycles. The van der Waals surface area contributed by atoms with Crippen molar-refractivity contribution in [2.24, 2.45) is 0 Å². The topological polar surface area (TPSA) is 51.2 Å². The van der Waals surface area contributed by atoms with Crippen molar-refractivity contribution in [2.75, 3.05) is 19.0 Å². The quantitative estimate of drug-likeness (QED) is 0.862. The number of halogens is 2. The molecule has 0 atom stereocenters. The molecule has 0 bridgehead atoms. The zero-order chi connectivity index (χ0) is 14.5. The fourth-order valence-corrected chi connectivity index (χ4v) is 2.23. The Labute approximate surface area is 118 Å². The van der Waals surface area contributed by atoms with E-state index in [9.17, 15) is 13.6 Å². The van der Waals surface area contributed by atoms with Crippen LogP contribution in [0.1, 0.15) is 16.1 Å². The molecule has 0 amide bonds. The van der Waals surface area contributed by atoms with Gasteiger partial charge < -0.3 is 10.1 Å². The third kappa shape index (κ3) is 3.11. The van der Waals surface area contributed by atoms with Crippen molar-refractivity contribution in [1.82, 2.24) is 4.98 Å². The molecule has 0 unspecified atom stereocenters. The van der Waals surface area contributed by atoms with Crippen molar-refractivity contribution in [2.45, 2.75) is 6.42 Å². The molecule has 0 aliphatic carbocycles. The molecule has 20 heavy (non-hydrogen) atoms. The smallest absolute Gasteiger partial charge is 0.340 e. The number of nitrogens with zero attached hydrogens (tertiary/aromatic N) is 1. The lowest BCUT2D eigenvalue weighted by Gasteiger charge is -2.09. The predicted octanol–water partition coefficient (Wildman–Crippen LogP) is 2.86. The van der Waals surface area contributed by atoms with Gasteiger partial charge >= 0.3 is 5.97 Å². The monoisotopic (exact) mass is 298 g/mol. The Kier molecular flexibility index (Phi) is 4.62. The predicted molar refractivity (Wildman–Crippen MR) is 72.0 cm³/mol. The van der Waals surface area contributed by atoms with E-state index in [0.29, 0.717) is 13.0 Å². The molecule has 2 rings (SSSR count). The van der Waals surface area contributed by atoms with Crippen LogP contribution < -0.4 is 5.32 Å². The lowest BCUT2D eigenvalue weighted by molar-refractivity contribution is 0.0594. The summed E-state index contributed by atoms with van der Waals surface area (Å²) in [6, 6.07) is 2.50. The fourth-order valence-electron chi connectivity index (χ4n) is 1.64. The molecular weight excluding hydrogens is 286 g/mol. The summed E-state index contributed by atoms with van der Waals surface area (Å²) in [4.78, 5) is 15.3. The minimum atomic E-state index is -1.21. The van der Waals surface area contributed by atoms with Gasteiger partial charge in [-0.25, -0.2) is 18.6 Å². The summed E-state index contributed by atoms with van der Waals surface area (Å²) in [7, 11) is 1.11. The van der Waals surface area contributed by atoms with Crippen LogP contribution in [0.5, 0.6) is 0 Å². The fraction of sp³-hybridized carbons (Fsp3) is 0.231. The first kappa shape index (κ1) is 14.4. The van der Waals surface area contributed by atoms with Crippen LogP contribution in [0.3, 0.4) is 0 Å². The highest BCUT2D eigenvalue weighted by atomic mass is 32.1. The van der Waals surface area contributed by atoms with Crippen LogP contribution in [-0.4, -0.2) is 24.6 Å². The second-order valence-electron chi connectivity index (χ2n) is 3.94. The lowest BCUT2D eigenvalue weighted by Crippen LogP contribution is -2.11. The number of carbonyl (C=O) groups is 1. The van der Waals surface area contributed by atoms with Crippen molar-refractivity contribution >= 4 is 23.0 Å². The molecule has 7 heteroatoms. The maximum atomic E-state index is 13.8. The maximum absolute atomic E-state index is 13.8. The highest BCUT2D eigenvalue weighted by Gasteiger charge is 2.18. The number of nitrogens with one attached hydrogen (secondary N) is 1. The minimum absolute atomic E-state index is 0.00498. The Bertz CT molecular complexity index is 603. The first-order valence-electron chi connectivity index (χ1n) is 5.80. The standard InChI is InChI=1S/C13H12F2N2O2S/c1-19-13(18)9-2-3-10(12(15)11(9)14)16-5-4-8-6-20-7-17-8/h2-3,6-7,16H,4-5H2,1H3. The van der Waals surface area contributed by atoms with Crippen molar-refractivity contribution in [3.05, 3.63) is 45.9 Å². The number of aromatic nitrogens is 1. The average molecular weight is 298 g/mol. The summed E-state index contributed by atoms with van der Waals surface area (Å²) in [5, 5.41) is 4.66. The van der Waals surface area contributed by atoms with E-state index < -0.39 is 23.2 Å². The van der Waals surface area contributed by atoms with Crippen LogP contribution in [0.4, 0.5) is 14.5 Å². The van der Waals surface area contributed by atoms with Crippen LogP contribution in [0.2, 0.25) is 0 Å². The number of esters is 1. The molecule has 0 aliphatic rings. The van der Waals surface area contributed by atoms with Crippen molar-refractivity contribution in [3.8, 4) is 0 Å². The Balaban J connectivity index is 2.05. The number of hydrogen-bond acceptors (Lipinski definition) is 5. The van der Waals surface area contributed by atoms with Gasteiger partial charge in [-0.1, -0.05) is 0 Å². The number of anilines is 1. The van der Waals surface area contributed by atoms with E-state index in [0.717, 1.165) is 12.8 Å². The number of benzene rings is 1. The summed E-state index contributed by atoms with van der Waals surface area (Å²) >= 11 is 1.47. The Morgan fingerprint density at radius 1 is 1.40 bits per heavy atom. The molecule has 1 aromatic carbocycles. The molecule has 1 aromatic heterocycles. The van der Waals surface area contributed by atoms with Gasteiger partial charge in [0.15, 0.2) is 11.6 Å². The van der Waals surface area contributed by atoms with Gasteiger partial charge in [-0.15, -0.1) is 11.3 Å². The Morgan fingerprint density at radius 3 is 2.85 bits per heavy atom. The summed E-state index contributed by atoms with van der Waals surface area (Å²) < 4.78 is 31.8. The molecule has 4 nitrogen and oxygen atoms in total. The molecule has 106 valence electrons. The van der Waals surface area contributed by atoms with Crippen LogP contribution >= 0.6 is 11.3 Å². The molecule has 0 saturated carbocycles. The van der Waals surface area contributed by atoms with Crippen LogP contribution in [0, 0.1) is 11.6 Å². The van der Waals surface area contributed by atoms with Gasteiger partial charge in [0.25, 0.3) is 0 Å². The summed E-state index contributed by atoms with van der Waals surface area (Å²) in [5.41, 5.74) is 2.18. The number of ether oxygens (including phenoxy) is 1. The largest absolute Gasteiger partial charge is 0.465 e. The van der Waals surface area contributed by atoms with Crippen LogP contribution in [0.25, 0.3) is 0 Å². The Hall–Kier alpha value is -2.02. The summed E-state index contributed by atoms with van der Waals surface area (Å²) in [6.45, 7) is 0.414. The zero-order valence-corrected chi connectivity index (χ0v) is 11.5. The third-order valence-electron chi connectivity index (χ3n) is 2.67. The van der Waals surface area contributed by atoms with Crippen molar-refractivity contribution < 1.29 is 18.3 Å². The maximum Gasteiger partial charge on any atom is 0.340 e. The molecular formula is C13H12F2N2O2S. The Morgan fingerprint density at radius 2 is 2.20 bits per heavy atom. The lowest BCUT2D eigenvalue weighted by atomic mass is 10.1. The third-order valence-corrected chi connectivity index (χ3v) is 3.30. The molecule has 0 fully saturated rings. The molecule has 1 N–H and O–H groups in total. The zero-order valence-electron chi connectivity index (χ0n) is 10.7. The first-order valence-corrected chi connectivity index (χ1v) is 6.75. The number of methoxy groups -OCH3 is 1. The normalized spacial score (nSPS) is 10.3. The van der Waals surface area contributed by atoms with Gasteiger partial charge in [-0.3, -0.25) is 0 Å². The first-order chi connectivity index (χ1) is 9.63. The van der Waals surface area contributed by atoms with E-state index in [1.54, 1.807) is 5.51 Å². The number of hydrogen-bond donors (Lipinski definition) is 1. The minimum Gasteiger partial charge on any atom is -0.465 e. The number of thiazole rings is 1. The SMILES string of the molecule is COC(=O)c1ccc(NCCc2cscn2)c(F)c1F. The molecule has 0 aliphatic heterocycles. The van der Waals surface area contributed by atoms with Crippen molar-refractivity contribution in [1.29, 1.82) is 0 Å². The second-order valence-corrected chi connectivity index (χ2v) is 4.66. The van der Waals surface area contributed by atoms with Crippen LogP contribution in [-0.2, 0) is 11.2 Å². The van der Waals surface area contributed by atoms with Gasteiger partial charge in [0.1, 0.15) is 0 Å². The van der Waals surface area contributed by atoms with Gasteiger partial charge in [0.05, 0.1) is 29.6 Å². The van der Waals surface area contributed by atoms with E-state index in [1.807, 2.05) is 5.38 Å². The van der Waals surface area contributed by atoms with E-state index in [2.05, 4.69) is 15.0 Å². The second kappa shape index (κ2) is 6.42. The van der Waals surface area contributed by atoms with E-state index in [-0.39, 0.29) is 5.69 Å². The van der Waals surface area contributed by atoms with E-state index >= 15 is 0 Å². The van der Waals surface area contributed by atoms with Gasteiger partial charge in [-0.2, -0.15) is 0 Å². The highest BCUT2D eigenvalue weighted by molar-refractivity contribution is 7.07. The highest BCUT2D eigenvalue weighted by Crippen LogP contribution is 2.21. The summed E-state index contributed by atoms with van der Waals surface area (Å²) in [5.74, 6) is -3.21. The molecule has 0 spiro atoms.